The number of hydrogen-bond donors (Lipinski definition) is 0. The van der Waals surface area contributed by atoms with Crippen LogP contribution in [0.4, 0.5) is 11.4 Å². The van der Waals surface area contributed by atoms with Gasteiger partial charge in [-0.15, -0.1) is 0 Å². The second kappa shape index (κ2) is 11.8. The topological polar surface area (TPSA) is 24.9 Å². The van der Waals surface area contributed by atoms with Gasteiger partial charge in [-0.25, -0.2) is 0 Å². The van der Waals surface area contributed by atoms with Crippen LogP contribution in [-0.2, 0) is 23.9 Å². The first kappa shape index (κ1) is 30.9. The maximum Gasteiger partial charge on any atom is 0.161 e. The lowest BCUT2D eigenvalue weighted by molar-refractivity contribution is 0.287. The molecule has 5 aromatic rings. The molecule has 2 aliphatic rings. The summed E-state index contributed by atoms with van der Waals surface area (Å²) in [6, 6.07) is 37.9. The van der Waals surface area contributed by atoms with E-state index >= 15 is 0 Å². The molecule has 240 valence electrons. The first-order valence-electron chi connectivity index (χ1n) is 16.8. The van der Waals surface area contributed by atoms with Gasteiger partial charge < -0.3 is 19.3 Å². The van der Waals surface area contributed by atoms with Crippen molar-refractivity contribution >= 4 is 11.4 Å². The molecule has 47 heavy (non-hydrogen) atoms. The van der Waals surface area contributed by atoms with Crippen LogP contribution in [-0.4, -0.2) is 13.5 Å². The summed E-state index contributed by atoms with van der Waals surface area (Å²) in [7, 11) is 0. The van der Waals surface area contributed by atoms with Crippen LogP contribution in [0.1, 0.15) is 69.4 Å². The Bertz CT molecular complexity index is 1890. The summed E-state index contributed by atoms with van der Waals surface area (Å²) in [5, 5.41) is 0. The van der Waals surface area contributed by atoms with Gasteiger partial charge >= 0.3 is 0 Å². The lowest BCUT2D eigenvalue weighted by atomic mass is 9.87. The molecule has 2 heterocycles. The normalized spacial score (nSPS) is 14.6. The van der Waals surface area contributed by atoms with Gasteiger partial charge in [-0.2, -0.15) is 0 Å². The van der Waals surface area contributed by atoms with Crippen LogP contribution in [0.3, 0.4) is 0 Å². The molecule has 7 rings (SSSR count). The molecule has 0 spiro atoms. The third-order valence-corrected chi connectivity index (χ3v) is 9.62. The SMILES string of the molecule is Cc1cc(-c2ccc(-c3ccc4c(c3)CN(c3ccc(C(C)(C)C)cc3)CO4)cc2)cc2c1OCN(c1ccc(C(C)(C)C)cc1)C2. The van der Waals surface area contributed by atoms with Gasteiger partial charge in [-0.05, 0) is 105 Å². The number of fused-ring (bicyclic) bond motifs is 2. The van der Waals surface area contributed by atoms with Crippen molar-refractivity contribution in [1.29, 1.82) is 0 Å². The van der Waals surface area contributed by atoms with Gasteiger partial charge in [0.1, 0.15) is 11.5 Å². The van der Waals surface area contributed by atoms with Crippen LogP contribution in [0.2, 0.25) is 0 Å². The van der Waals surface area contributed by atoms with E-state index in [1.165, 1.54) is 61.4 Å². The monoisotopic (exact) mass is 622 g/mol. The Morgan fingerprint density at radius 2 is 0.957 bits per heavy atom. The Labute approximate surface area is 280 Å². The van der Waals surface area contributed by atoms with E-state index in [2.05, 4.69) is 161 Å². The number of aryl methyl sites for hydroxylation is 1. The van der Waals surface area contributed by atoms with Gasteiger partial charge in [0, 0.05) is 35.6 Å². The summed E-state index contributed by atoms with van der Waals surface area (Å²) < 4.78 is 12.5. The molecular weight excluding hydrogens is 576 g/mol. The molecule has 0 bridgehead atoms. The molecule has 0 aromatic heterocycles. The van der Waals surface area contributed by atoms with Gasteiger partial charge in [0.2, 0.25) is 0 Å². The molecule has 0 aliphatic carbocycles. The lowest BCUT2D eigenvalue weighted by Crippen LogP contribution is -2.32. The van der Waals surface area contributed by atoms with Crippen molar-refractivity contribution < 1.29 is 9.47 Å². The first-order valence-corrected chi connectivity index (χ1v) is 16.8. The van der Waals surface area contributed by atoms with Crippen LogP contribution < -0.4 is 19.3 Å². The summed E-state index contributed by atoms with van der Waals surface area (Å²) in [5.74, 6) is 1.99. The van der Waals surface area contributed by atoms with Crippen LogP contribution in [0.15, 0.2) is 103 Å². The molecule has 0 unspecified atom stereocenters. The van der Waals surface area contributed by atoms with E-state index in [1.54, 1.807) is 0 Å². The van der Waals surface area contributed by atoms with E-state index in [4.69, 9.17) is 9.47 Å². The van der Waals surface area contributed by atoms with Gasteiger partial charge in [0.05, 0.1) is 0 Å². The van der Waals surface area contributed by atoms with Crippen molar-refractivity contribution in [2.24, 2.45) is 0 Å². The quantitative estimate of drug-likeness (QED) is 0.199. The van der Waals surface area contributed by atoms with E-state index in [1.807, 2.05) is 0 Å². The average molecular weight is 623 g/mol. The van der Waals surface area contributed by atoms with Gasteiger partial charge in [0.15, 0.2) is 13.5 Å². The standard InChI is InChI=1S/C43H46N2O2/c1-29-22-33(24-35-26-45(28-47-41(29)35)39-19-15-37(16-20-39)43(5,6)7)31-10-8-30(9-11-31)32-12-21-40-34(23-32)25-44(27-46-40)38-17-13-36(14-18-38)42(2,3)4/h8-24H,25-28H2,1-7H3. The molecule has 0 fully saturated rings. The van der Waals surface area contributed by atoms with Crippen LogP contribution in [0.5, 0.6) is 11.5 Å². The molecule has 0 N–H and O–H groups in total. The highest BCUT2D eigenvalue weighted by Gasteiger charge is 2.23. The van der Waals surface area contributed by atoms with E-state index in [-0.39, 0.29) is 10.8 Å². The number of nitrogens with zero attached hydrogens (tertiary/aromatic N) is 2. The number of benzene rings is 5. The fraction of sp³-hybridized carbons (Fsp3) is 0.302. The van der Waals surface area contributed by atoms with E-state index < -0.39 is 0 Å². The Morgan fingerprint density at radius 3 is 1.51 bits per heavy atom. The predicted molar refractivity (Wildman–Crippen MR) is 196 cm³/mol. The summed E-state index contributed by atoms with van der Waals surface area (Å²) in [6.07, 6.45) is 0. The number of rotatable bonds is 4. The lowest BCUT2D eigenvalue weighted by Gasteiger charge is -2.32. The van der Waals surface area contributed by atoms with Crippen LogP contribution >= 0.6 is 0 Å². The zero-order valence-corrected chi connectivity index (χ0v) is 28.9. The van der Waals surface area contributed by atoms with Crippen molar-refractivity contribution in [3.05, 3.63) is 131 Å². The van der Waals surface area contributed by atoms with E-state index in [0.29, 0.717) is 13.5 Å². The van der Waals surface area contributed by atoms with E-state index in [9.17, 15) is 0 Å². The molecule has 5 aromatic carbocycles. The molecule has 0 saturated carbocycles. The maximum absolute atomic E-state index is 6.30. The molecule has 4 nitrogen and oxygen atoms in total. The summed E-state index contributed by atoms with van der Waals surface area (Å²) >= 11 is 0. The zero-order chi connectivity index (χ0) is 32.9. The fourth-order valence-corrected chi connectivity index (χ4v) is 6.68. The van der Waals surface area contributed by atoms with Crippen molar-refractivity contribution in [1.82, 2.24) is 0 Å². The minimum atomic E-state index is 0.139. The number of ether oxygens (including phenoxy) is 2. The van der Waals surface area contributed by atoms with Gasteiger partial charge in [0.25, 0.3) is 0 Å². The Hall–Kier alpha value is -4.70. The highest BCUT2D eigenvalue weighted by Crippen LogP contribution is 2.38. The average Bonchev–Trinajstić information content (AvgIpc) is 3.07. The van der Waals surface area contributed by atoms with Crippen molar-refractivity contribution in [3.63, 3.8) is 0 Å². The van der Waals surface area contributed by atoms with Crippen LogP contribution in [0, 0.1) is 6.92 Å². The van der Waals surface area contributed by atoms with Gasteiger partial charge in [-0.3, -0.25) is 0 Å². The first-order chi connectivity index (χ1) is 22.4. The number of hydrogen-bond acceptors (Lipinski definition) is 4. The molecule has 2 aliphatic heterocycles. The van der Waals surface area contributed by atoms with Crippen molar-refractivity contribution in [3.8, 4) is 33.8 Å². The zero-order valence-electron chi connectivity index (χ0n) is 28.9. The second-order valence-corrected chi connectivity index (χ2v) is 15.2. The largest absolute Gasteiger partial charge is 0.473 e. The van der Waals surface area contributed by atoms with Crippen LogP contribution in [0.25, 0.3) is 22.3 Å². The third-order valence-electron chi connectivity index (χ3n) is 9.62. The minimum absolute atomic E-state index is 0.139. The van der Waals surface area contributed by atoms with E-state index in [0.717, 1.165) is 24.6 Å². The highest BCUT2D eigenvalue weighted by molar-refractivity contribution is 5.73. The minimum Gasteiger partial charge on any atom is -0.473 e. The smallest absolute Gasteiger partial charge is 0.161 e. The molecule has 0 amide bonds. The van der Waals surface area contributed by atoms with Crippen molar-refractivity contribution in [2.75, 3.05) is 23.3 Å². The molecule has 0 atom stereocenters. The second-order valence-electron chi connectivity index (χ2n) is 15.2. The van der Waals surface area contributed by atoms with Crippen molar-refractivity contribution in [2.45, 2.75) is 72.4 Å². The Balaban J connectivity index is 1.08. The maximum atomic E-state index is 6.30. The summed E-state index contributed by atoms with van der Waals surface area (Å²) in [4.78, 5) is 4.61. The Kier molecular flexibility index (Phi) is 7.78. The number of anilines is 2. The third kappa shape index (κ3) is 6.34. The predicted octanol–water partition coefficient (Wildman–Crippen LogP) is 10.6. The molecule has 0 radical (unpaired) electrons. The summed E-state index contributed by atoms with van der Waals surface area (Å²) in [5.41, 5.74) is 13.8. The summed E-state index contributed by atoms with van der Waals surface area (Å²) in [6.45, 7) is 18.4. The molecule has 0 saturated heterocycles. The fourth-order valence-electron chi connectivity index (χ4n) is 6.68. The molecular formula is C43H46N2O2. The van der Waals surface area contributed by atoms with Gasteiger partial charge in [-0.1, -0.05) is 96.1 Å². The Morgan fingerprint density at radius 1 is 0.489 bits per heavy atom. The molecule has 4 heteroatoms. The highest BCUT2D eigenvalue weighted by atomic mass is 16.5.